The van der Waals surface area contributed by atoms with Crippen molar-refractivity contribution in [3.05, 3.63) is 0 Å². The first-order valence-electron chi connectivity index (χ1n) is 21.1. The monoisotopic (exact) mass is 996 g/mol. The molecule has 0 aromatic rings. The molecule has 0 saturated heterocycles. The number of hydrogen-bond donors (Lipinski definition) is 8. The van der Waals surface area contributed by atoms with Gasteiger partial charge in [0.15, 0.2) is 0 Å². The zero-order chi connectivity index (χ0) is 43.8. The summed E-state index contributed by atoms with van der Waals surface area (Å²) in [6.07, 6.45) is 7.09. The van der Waals surface area contributed by atoms with Crippen LogP contribution in [-0.2, 0) is 33.6 Å². The van der Waals surface area contributed by atoms with E-state index < -0.39 is 74.1 Å². The summed E-state index contributed by atoms with van der Waals surface area (Å²) in [5.41, 5.74) is -0.262. The Kier molecular flexibility index (Phi) is 19.6. The minimum absolute atomic E-state index is 0. The Morgan fingerprint density at radius 2 is 1.22 bits per heavy atom. The first-order valence-corrected chi connectivity index (χ1v) is 21.1. The van der Waals surface area contributed by atoms with Crippen molar-refractivity contribution in [1.29, 1.82) is 0 Å². The van der Waals surface area contributed by atoms with Crippen molar-refractivity contribution in [1.82, 2.24) is 20.0 Å². The Balaban J connectivity index is 0.00000961. The predicted molar refractivity (Wildman–Crippen MR) is 210 cm³/mol. The number of aliphatic hydroxyl groups excluding tert-OH is 1. The van der Waals surface area contributed by atoms with Crippen molar-refractivity contribution >= 4 is 41.7 Å². The maximum absolute atomic E-state index is 13.5. The first kappa shape index (κ1) is 51.8. The third-order valence-corrected chi connectivity index (χ3v) is 14.9. The quantitative estimate of drug-likeness (QED) is 0.0687. The van der Waals surface area contributed by atoms with Gasteiger partial charge in [0.2, 0.25) is 5.91 Å². The van der Waals surface area contributed by atoms with Gasteiger partial charge in [-0.15, -0.1) is 0 Å². The maximum atomic E-state index is 13.5. The summed E-state index contributed by atoms with van der Waals surface area (Å²) in [7, 11) is 0. The van der Waals surface area contributed by atoms with Crippen molar-refractivity contribution in [3.8, 4) is 0 Å². The second-order valence-corrected chi connectivity index (χ2v) is 18.3. The van der Waals surface area contributed by atoms with E-state index in [2.05, 4.69) is 26.1 Å². The molecule has 0 spiro atoms. The van der Waals surface area contributed by atoms with Gasteiger partial charge in [-0.05, 0) is 111 Å². The molecule has 0 aromatic heterocycles. The second kappa shape index (κ2) is 22.7. The SMILES string of the molecule is CC(CCC(=O)O)[C@H]1CCC2C3CCC4C[C@@H](NC(=O)CC[C@@H](C(=O)O)N(CCN(CC(=O)O)CC(=O)O)CCN(CC(=O)O)CC(=O)O)CC[C@]4(C)C3C[C@H](O)[C@@]21C.[Gd+3]. The molecule has 4 aliphatic carbocycles. The fourth-order valence-electron chi connectivity index (χ4n) is 12.1. The molecule has 5 unspecified atom stereocenters. The normalized spacial score (nSPS) is 30.6. The predicted octanol–water partition coefficient (Wildman–Crippen LogP) is 2.08. The Hall–Kier alpha value is -2.55. The average molecular weight is 996 g/mol. The molecule has 4 saturated carbocycles. The molecule has 8 N–H and O–H groups in total. The number of carbonyl (C=O) groups excluding carboxylic acids is 1. The number of carboxylic acid groups (broad SMARTS) is 6. The number of aliphatic hydroxyl groups is 1. The van der Waals surface area contributed by atoms with E-state index in [1.54, 1.807) is 0 Å². The van der Waals surface area contributed by atoms with E-state index in [1.807, 2.05) is 0 Å². The van der Waals surface area contributed by atoms with Crippen LogP contribution in [0.5, 0.6) is 0 Å². The topological polar surface area (TPSA) is 283 Å². The van der Waals surface area contributed by atoms with Gasteiger partial charge in [-0.1, -0.05) is 20.8 Å². The van der Waals surface area contributed by atoms with Crippen LogP contribution in [0, 0.1) is 86.3 Å². The van der Waals surface area contributed by atoms with Gasteiger partial charge < -0.3 is 41.1 Å². The van der Waals surface area contributed by atoms with Crippen LogP contribution < -0.4 is 5.32 Å². The largest absolute Gasteiger partial charge is 3.00 e. The molecule has 11 atom stereocenters. The summed E-state index contributed by atoms with van der Waals surface area (Å²) in [5.74, 6) is -5.61. The molecule has 0 heterocycles. The van der Waals surface area contributed by atoms with Gasteiger partial charge in [-0.2, -0.15) is 0 Å². The van der Waals surface area contributed by atoms with Gasteiger partial charge in [0, 0.05) is 45.1 Å². The smallest absolute Gasteiger partial charge is 0.481 e. The molecule has 0 aliphatic heterocycles. The van der Waals surface area contributed by atoms with E-state index >= 15 is 0 Å². The van der Waals surface area contributed by atoms with Crippen molar-refractivity contribution in [2.45, 2.75) is 116 Å². The van der Waals surface area contributed by atoms with Crippen LogP contribution >= 0.6 is 0 Å². The summed E-state index contributed by atoms with van der Waals surface area (Å²) in [6.45, 7) is 3.51. The minimum Gasteiger partial charge on any atom is -0.481 e. The van der Waals surface area contributed by atoms with Crippen LogP contribution in [-0.4, -0.2) is 163 Å². The number of fused-ring (bicyclic) bond motifs is 5. The van der Waals surface area contributed by atoms with Crippen molar-refractivity contribution in [2.75, 3.05) is 52.4 Å². The van der Waals surface area contributed by atoms with E-state index in [1.165, 1.54) is 4.90 Å². The van der Waals surface area contributed by atoms with Gasteiger partial charge in [-0.25, -0.2) is 0 Å². The zero-order valence-corrected chi connectivity index (χ0v) is 37.3. The molecule has 1 amide bonds. The molecule has 4 rings (SSSR count). The maximum Gasteiger partial charge on any atom is 3.00 e. The molecule has 60 heavy (non-hydrogen) atoms. The fraction of sp³-hybridized carbons (Fsp3) is 0.829. The van der Waals surface area contributed by atoms with Crippen LogP contribution in [0.2, 0.25) is 0 Å². The number of carboxylic acids is 6. The van der Waals surface area contributed by atoms with Crippen LogP contribution in [0.1, 0.15) is 97.8 Å². The summed E-state index contributed by atoms with van der Waals surface area (Å²) < 4.78 is 0. The number of nitrogens with zero attached hydrogens (tertiary/aromatic N) is 3. The number of nitrogens with one attached hydrogen (secondary N) is 1. The summed E-state index contributed by atoms with van der Waals surface area (Å²) in [5, 5.41) is 71.8. The van der Waals surface area contributed by atoms with Crippen LogP contribution in [0.3, 0.4) is 0 Å². The molecule has 4 fully saturated rings. The van der Waals surface area contributed by atoms with Crippen LogP contribution in [0.4, 0.5) is 0 Å². The molecule has 1 radical (unpaired) electrons. The van der Waals surface area contributed by atoms with Crippen LogP contribution in [0.15, 0.2) is 0 Å². The standard InChI is InChI=1S/C41H66N4O14.Gd/c1-24(4-11-34(48)49)28-7-8-29-27-6-5-25-18-26(12-13-40(25,2)30(27)19-32(46)41(28,29)3)42-33(47)10-9-31(39(58)59)45(16-14-43(20-35(50)51)21-36(52)53)17-15-44(22-37(54)55)23-38(56)57;/h24-32,46H,4-23H2,1-3H3,(H,42,47)(H,48,49)(H,50,51)(H,52,53)(H,54,55)(H,56,57)(H,58,59);/q;+3/t24?,25?,26-,27?,28+,29?,30?,31-,32-,40-,41+;/m0./s1. The first-order chi connectivity index (χ1) is 27.6. The van der Waals surface area contributed by atoms with Crippen molar-refractivity contribution in [3.63, 3.8) is 0 Å². The number of carbonyl (C=O) groups is 7. The van der Waals surface area contributed by atoms with Gasteiger partial charge in [-0.3, -0.25) is 48.3 Å². The third-order valence-electron chi connectivity index (χ3n) is 14.9. The minimum atomic E-state index is -1.31. The fourth-order valence-corrected chi connectivity index (χ4v) is 12.1. The molecule has 0 aromatic carbocycles. The van der Waals surface area contributed by atoms with Gasteiger partial charge in [0.25, 0.3) is 0 Å². The van der Waals surface area contributed by atoms with E-state index in [0.29, 0.717) is 36.5 Å². The van der Waals surface area contributed by atoms with Crippen molar-refractivity contribution in [2.24, 2.45) is 46.3 Å². The van der Waals surface area contributed by atoms with E-state index in [-0.39, 0.29) is 120 Å². The Morgan fingerprint density at radius 3 is 1.72 bits per heavy atom. The Bertz CT molecular complexity index is 1480. The molecule has 19 heteroatoms. The third kappa shape index (κ3) is 13.2. The summed E-state index contributed by atoms with van der Waals surface area (Å²) in [6, 6.07) is -1.43. The number of rotatable bonds is 24. The molecule has 4 aliphatic rings. The average Bonchev–Trinajstić information content (AvgIpc) is 3.49. The molecular weight excluding hydrogens is 930 g/mol. The Labute approximate surface area is 383 Å². The molecule has 0 bridgehead atoms. The van der Waals surface area contributed by atoms with Gasteiger partial charge in [0.1, 0.15) is 6.04 Å². The van der Waals surface area contributed by atoms with E-state index in [4.69, 9.17) is 0 Å². The van der Waals surface area contributed by atoms with Gasteiger partial charge in [0.05, 0.1) is 32.3 Å². The molecule has 18 nitrogen and oxygen atoms in total. The van der Waals surface area contributed by atoms with Crippen molar-refractivity contribution < 1.29 is 109 Å². The summed E-state index contributed by atoms with van der Waals surface area (Å²) in [4.78, 5) is 86.6. The Morgan fingerprint density at radius 1 is 0.667 bits per heavy atom. The molecule has 339 valence electrons. The number of amides is 1. The molecular formula is C41H66GdN4O14+3. The second-order valence-electron chi connectivity index (χ2n) is 18.3. The van der Waals surface area contributed by atoms with E-state index in [0.717, 1.165) is 54.7 Å². The zero-order valence-electron chi connectivity index (χ0n) is 35.0. The van der Waals surface area contributed by atoms with Gasteiger partial charge >= 0.3 is 75.8 Å². The number of hydrogen-bond acceptors (Lipinski definition) is 11. The van der Waals surface area contributed by atoms with E-state index in [9.17, 15) is 69.3 Å². The van der Waals surface area contributed by atoms with Crippen LogP contribution in [0.25, 0.3) is 0 Å². The number of aliphatic carboxylic acids is 6. The summed E-state index contributed by atoms with van der Waals surface area (Å²) >= 11 is 0.